The van der Waals surface area contributed by atoms with Gasteiger partial charge in [0, 0.05) is 5.56 Å². The fourth-order valence-electron chi connectivity index (χ4n) is 1.45. The van der Waals surface area contributed by atoms with E-state index in [9.17, 15) is 14.0 Å². The van der Waals surface area contributed by atoms with Crippen LogP contribution >= 0.6 is 0 Å². The quantitative estimate of drug-likeness (QED) is 0.715. The van der Waals surface area contributed by atoms with Crippen molar-refractivity contribution in [2.75, 3.05) is 6.54 Å². The summed E-state index contributed by atoms with van der Waals surface area (Å²) in [5.41, 5.74) is 0.160. The Morgan fingerprint density at radius 3 is 2.85 bits per heavy atom. The summed E-state index contributed by atoms with van der Waals surface area (Å²) < 4.78 is 12.9. The van der Waals surface area contributed by atoms with Gasteiger partial charge in [-0.15, -0.1) is 0 Å². The minimum Gasteiger partial charge on any atom is -0.347 e. The summed E-state index contributed by atoms with van der Waals surface area (Å²) in [6.45, 7) is -0.0157. The Labute approximate surface area is 113 Å². The molecule has 0 aliphatic rings. The number of amides is 2. The number of aromatic amines is 1. The van der Waals surface area contributed by atoms with Crippen LogP contribution in [0.5, 0.6) is 0 Å². The van der Waals surface area contributed by atoms with Crippen molar-refractivity contribution < 1.29 is 14.0 Å². The van der Waals surface area contributed by atoms with Crippen LogP contribution in [0.1, 0.15) is 16.2 Å². The van der Waals surface area contributed by atoms with Crippen molar-refractivity contribution in [3.8, 4) is 0 Å². The van der Waals surface area contributed by atoms with Gasteiger partial charge in [-0.25, -0.2) is 9.37 Å². The predicted molar refractivity (Wildman–Crippen MR) is 67.0 cm³/mol. The van der Waals surface area contributed by atoms with Gasteiger partial charge in [0.15, 0.2) is 0 Å². The van der Waals surface area contributed by atoms with E-state index in [1.165, 1.54) is 24.5 Å². The predicted octanol–water partition coefficient (Wildman–Crippen LogP) is -0.0100. The molecular formula is C12H12FN5O2. The zero-order valence-electron chi connectivity index (χ0n) is 10.4. The molecular weight excluding hydrogens is 265 g/mol. The lowest BCUT2D eigenvalue weighted by molar-refractivity contribution is -0.120. The summed E-state index contributed by atoms with van der Waals surface area (Å²) in [4.78, 5) is 27.0. The molecule has 0 atom stereocenters. The first-order valence-electron chi connectivity index (χ1n) is 5.80. The van der Waals surface area contributed by atoms with Gasteiger partial charge in [-0.2, -0.15) is 5.10 Å². The molecule has 0 saturated carbocycles. The van der Waals surface area contributed by atoms with Crippen LogP contribution in [0.4, 0.5) is 4.39 Å². The number of carbonyl (C=O) groups is 2. The molecule has 0 spiro atoms. The van der Waals surface area contributed by atoms with Crippen molar-refractivity contribution in [2.24, 2.45) is 0 Å². The third-order valence-electron chi connectivity index (χ3n) is 2.41. The molecule has 0 fully saturated rings. The largest absolute Gasteiger partial charge is 0.347 e. The van der Waals surface area contributed by atoms with E-state index >= 15 is 0 Å². The second-order valence-corrected chi connectivity index (χ2v) is 3.90. The average Bonchev–Trinajstić information content (AvgIpc) is 2.95. The fourth-order valence-corrected chi connectivity index (χ4v) is 1.45. The van der Waals surface area contributed by atoms with Gasteiger partial charge in [-0.3, -0.25) is 14.7 Å². The Balaban J connectivity index is 1.77. The smallest absolute Gasteiger partial charge is 0.251 e. The molecule has 2 amide bonds. The van der Waals surface area contributed by atoms with Gasteiger partial charge < -0.3 is 10.6 Å². The fraction of sp³-hybridized carbons (Fsp3) is 0.167. The molecule has 0 aliphatic heterocycles. The van der Waals surface area contributed by atoms with E-state index in [1.807, 2.05) is 0 Å². The van der Waals surface area contributed by atoms with Crippen molar-refractivity contribution in [2.45, 2.75) is 6.54 Å². The Morgan fingerprint density at radius 2 is 2.15 bits per heavy atom. The van der Waals surface area contributed by atoms with Crippen molar-refractivity contribution in [3.05, 3.63) is 47.8 Å². The molecule has 104 valence electrons. The van der Waals surface area contributed by atoms with Gasteiger partial charge in [0.25, 0.3) is 5.91 Å². The Kier molecular flexibility index (Phi) is 4.38. The lowest BCUT2D eigenvalue weighted by atomic mass is 10.2. The summed E-state index contributed by atoms with van der Waals surface area (Å²) in [7, 11) is 0. The van der Waals surface area contributed by atoms with E-state index in [0.717, 1.165) is 6.07 Å². The highest BCUT2D eigenvalue weighted by molar-refractivity contribution is 5.96. The Bertz CT molecular complexity index is 600. The summed E-state index contributed by atoms with van der Waals surface area (Å²) in [6.07, 6.45) is 1.33. The minimum absolute atomic E-state index is 0.160. The maximum atomic E-state index is 12.9. The van der Waals surface area contributed by atoms with Crippen molar-refractivity contribution >= 4 is 11.8 Å². The van der Waals surface area contributed by atoms with E-state index in [2.05, 4.69) is 25.8 Å². The van der Waals surface area contributed by atoms with Gasteiger partial charge in [-0.05, 0) is 18.2 Å². The van der Waals surface area contributed by atoms with Crippen LogP contribution in [0.3, 0.4) is 0 Å². The van der Waals surface area contributed by atoms with Crippen LogP contribution < -0.4 is 10.6 Å². The van der Waals surface area contributed by atoms with E-state index in [1.54, 1.807) is 0 Å². The van der Waals surface area contributed by atoms with Crippen molar-refractivity contribution in [1.29, 1.82) is 0 Å². The molecule has 0 unspecified atom stereocenters. The molecule has 20 heavy (non-hydrogen) atoms. The van der Waals surface area contributed by atoms with Crippen LogP contribution in [0.2, 0.25) is 0 Å². The molecule has 3 N–H and O–H groups in total. The van der Waals surface area contributed by atoms with Crippen molar-refractivity contribution in [1.82, 2.24) is 25.8 Å². The topological polar surface area (TPSA) is 99.8 Å². The first-order chi connectivity index (χ1) is 9.65. The maximum Gasteiger partial charge on any atom is 0.251 e. The minimum atomic E-state index is -0.515. The van der Waals surface area contributed by atoms with Crippen LogP contribution in [0, 0.1) is 5.82 Å². The molecule has 0 radical (unpaired) electrons. The second kappa shape index (κ2) is 6.41. The summed E-state index contributed by atoms with van der Waals surface area (Å²) >= 11 is 0. The number of benzene rings is 1. The lowest BCUT2D eigenvalue weighted by Gasteiger charge is -2.05. The molecule has 0 bridgehead atoms. The van der Waals surface area contributed by atoms with Gasteiger partial charge in [0.05, 0.1) is 13.1 Å². The molecule has 8 heteroatoms. The molecule has 1 aromatic heterocycles. The SMILES string of the molecule is O=C(CNC(=O)c1cccc(F)c1)NCc1ncn[nH]1. The highest BCUT2D eigenvalue weighted by Crippen LogP contribution is 2.02. The molecule has 2 aromatic rings. The monoisotopic (exact) mass is 277 g/mol. The highest BCUT2D eigenvalue weighted by Gasteiger charge is 2.08. The van der Waals surface area contributed by atoms with Gasteiger partial charge >= 0.3 is 0 Å². The van der Waals surface area contributed by atoms with Crippen LogP contribution in [-0.4, -0.2) is 33.5 Å². The average molecular weight is 277 g/mol. The standard InChI is InChI=1S/C12H12FN5O2/c13-9-3-1-2-8(4-9)12(20)15-6-11(19)14-5-10-16-7-17-18-10/h1-4,7H,5-6H2,(H,14,19)(H,15,20)(H,16,17,18). The van der Waals surface area contributed by atoms with E-state index in [4.69, 9.17) is 0 Å². The first-order valence-corrected chi connectivity index (χ1v) is 5.80. The van der Waals surface area contributed by atoms with Gasteiger partial charge in [0.1, 0.15) is 18.0 Å². The molecule has 0 saturated heterocycles. The summed E-state index contributed by atoms with van der Waals surface area (Å²) in [6, 6.07) is 5.22. The zero-order chi connectivity index (χ0) is 14.4. The maximum absolute atomic E-state index is 12.9. The zero-order valence-corrected chi connectivity index (χ0v) is 10.4. The van der Waals surface area contributed by atoms with E-state index in [0.29, 0.717) is 5.82 Å². The summed E-state index contributed by atoms with van der Waals surface area (Å²) in [5, 5.41) is 11.1. The van der Waals surface area contributed by atoms with E-state index in [-0.39, 0.29) is 24.6 Å². The number of hydrogen-bond acceptors (Lipinski definition) is 4. The highest BCUT2D eigenvalue weighted by atomic mass is 19.1. The normalized spacial score (nSPS) is 10.1. The first kappa shape index (κ1) is 13.7. The number of nitrogens with zero attached hydrogens (tertiary/aromatic N) is 2. The molecule has 1 aromatic carbocycles. The van der Waals surface area contributed by atoms with E-state index < -0.39 is 11.7 Å². The third kappa shape index (κ3) is 3.87. The Hall–Kier alpha value is -2.77. The lowest BCUT2D eigenvalue weighted by Crippen LogP contribution is -2.36. The van der Waals surface area contributed by atoms with Crippen LogP contribution in [0.15, 0.2) is 30.6 Å². The molecule has 0 aliphatic carbocycles. The Morgan fingerprint density at radius 1 is 1.30 bits per heavy atom. The summed E-state index contributed by atoms with van der Waals surface area (Å²) in [5.74, 6) is -0.896. The van der Waals surface area contributed by atoms with Crippen molar-refractivity contribution in [3.63, 3.8) is 0 Å². The number of H-pyrrole nitrogens is 1. The van der Waals surface area contributed by atoms with Gasteiger partial charge in [0.2, 0.25) is 5.91 Å². The van der Waals surface area contributed by atoms with Crippen LogP contribution in [-0.2, 0) is 11.3 Å². The molecule has 7 nitrogen and oxygen atoms in total. The van der Waals surface area contributed by atoms with Crippen LogP contribution in [0.25, 0.3) is 0 Å². The number of hydrogen-bond donors (Lipinski definition) is 3. The second-order valence-electron chi connectivity index (χ2n) is 3.90. The number of rotatable bonds is 5. The third-order valence-corrected chi connectivity index (χ3v) is 2.41. The molecule has 1 heterocycles. The molecule has 2 rings (SSSR count). The number of aromatic nitrogens is 3. The number of nitrogens with one attached hydrogen (secondary N) is 3. The number of halogens is 1. The van der Waals surface area contributed by atoms with Gasteiger partial charge in [-0.1, -0.05) is 6.07 Å². The number of carbonyl (C=O) groups excluding carboxylic acids is 2.